The molecule has 1 aliphatic rings. The lowest BCUT2D eigenvalue weighted by molar-refractivity contribution is 0.101. The van der Waals surface area contributed by atoms with Crippen LogP contribution in [0.2, 0.25) is 0 Å². The summed E-state index contributed by atoms with van der Waals surface area (Å²) in [5.41, 5.74) is 4.40. The van der Waals surface area contributed by atoms with Crippen molar-refractivity contribution in [3.8, 4) is 0 Å². The van der Waals surface area contributed by atoms with Crippen molar-refractivity contribution in [2.45, 2.75) is 6.92 Å². The van der Waals surface area contributed by atoms with Crippen LogP contribution in [-0.2, 0) is 0 Å². The van der Waals surface area contributed by atoms with E-state index < -0.39 is 0 Å². The van der Waals surface area contributed by atoms with Gasteiger partial charge < -0.3 is 0 Å². The maximum atomic E-state index is 11.2. The highest BCUT2D eigenvalue weighted by molar-refractivity contribution is 7.07. The van der Waals surface area contributed by atoms with E-state index in [0.717, 1.165) is 10.4 Å². The Morgan fingerprint density at radius 1 is 1.62 bits per heavy atom. The van der Waals surface area contributed by atoms with Crippen LogP contribution in [0.15, 0.2) is 17.9 Å². The molecular weight excluding hydrogens is 182 g/mol. The van der Waals surface area contributed by atoms with Crippen molar-refractivity contribution >= 4 is 29.5 Å². The van der Waals surface area contributed by atoms with Gasteiger partial charge in [0.25, 0.3) is 0 Å². The standard InChI is InChI=1S/C10H7NOS/c1-7(12)10-8-5-3-2-4-6-9(8)13-11-10/h2,4-6H,1H3. The highest BCUT2D eigenvalue weighted by Gasteiger charge is 2.13. The number of allylic oxidation sites excluding steroid dienone is 2. The molecule has 0 bridgehead atoms. The molecule has 3 heteroatoms. The highest BCUT2D eigenvalue weighted by atomic mass is 32.1. The van der Waals surface area contributed by atoms with Gasteiger partial charge in [-0.15, -0.1) is 5.73 Å². The van der Waals surface area contributed by atoms with Crippen molar-refractivity contribution in [1.82, 2.24) is 4.37 Å². The Bertz CT molecular complexity index is 447. The van der Waals surface area contributed by atoms with Crippen LogP contribution in [0.5, 0.6) is 0 Å². The topological polar surface area (TPSA) is 30.0 Å². The molecule has 0 saturated heterocycles. The zero-order chi connectivity index (χ0) is 9.26. The summed E-state index contributed by atoms with van der Waals surface area (Å²) >= 11 is 1.34. The number of Topliss-reactive ketones (excluding diaryl/α,β-unsaturated/α-hetero) is 1. The summed E-state index contributed by atoms with van der Waals surface area (Å²) in [4.78, 5) is 12.2. The summed E-state index contributed by atoms with van der Waals surface area (Å²) < 4.78 is 4.09. The number of ketones is 1. The average Bonchev–Trinajstić information content (AvgIpc) is 2.36. The van der Waals surface area contributed by atoms with E-state index in [4.69, 9.17) is 0 Å². The summed E-state index contributed by atoms with van der Waals surface area (Å²) in [6.45, 7) is 1.53. The van der Waals surface area contributed by atoms with Gasteiger partial charge in [-0.3, -0.25) is 4.79 Å². The van der Waals surface area contributed by atoms with Crippen LogP contribution in [0.4, 0.5) is 0 Å². The van der Waals surface area contributed by atoms with Gasteiger partial charge in [0, 0.05) is 12.5 Å². The molecule has 0 aliphatic heterocycles. The Balaban J connectivity index is 2.66. The lowest BCUT2D eigenvalue weighted by Crippen LogP contribution is -1.94. The zero-order valence-electron chi connectivity index (χ0n) is 7.07. The smallest absolute Gasteiger partial charge is 0.179 e. The quantitative estimate of drug-likeness (QED) is 0.502. The first-order chi connectivity index (χ1) is 6.29. The lowest BCUT2D eigenvalue weighted by atomic mass is 10.1. The zero-order valence-corrected chi connectivity index (χ0v) is 7.89. The van der Waals surface area contributed by atoms with Gasteiger partial charge in [-0.25, -0.2) is 0 Å². The normalized spacial score (nSPS) is 12.7. The third-order valence-corrected chi connectivity index (χ3v) is 2.58. The highest BCUT2D eigenvalue weighted by Crippen LogP contribution is 2.23. The number of carbonyl (C=O) groups is 1. The summed E-state index contributed by atoms with van der Waals surface area (Å²) in [7, 11) is 0. The van der Waals surface area contributed by atoms with Crippen LogP contribution < -0.4 is 0 Å². The number of hydrogen-bond acceptors (Lipinski definition) is 3. The number of carbonyl (C=O) groups excluding carboxylic acids is 1. The molecule has 0 N–H and O–H groups in total. The van der Waals surface area contributed by atoms with Gasteiger partial charge in [0.05, 0.1) is 4.88 Å². The predicted molar refractivity (Wildman–Crippen MR) is 53.7 cm³/mol. The molecule has 0 spiro atoms. The first-order valence-corrected chi connectivity index (χ1v) is 4.66. The first-order valence-electron chi connectivity index (χ1n) is 3.89. The summed E-state index contributed by atoms with van der Waals surface area (Å²) in [6.07, 6.45) is 7.45. The van der Waals surface area contributed by atoms with Crippen LogP contribution in [0, 0.1) is 0 Å². The molecule has 1 aliphatic carbocycles. The van der Waals surface area contributed by atoms with Gasteiger partial charge in [-0.1, -0.05) is 6.08 Å². The summed E-state index contributed by atoms with van der Waals surface area (Å²) in [5.74, 6) is 0.00542. The summed E-state index contributed by atoms with van der Waals surface area (Å²) in [6, 6.07) is 0. The molecule has 2 nitrogen and oxygen atoms in total. The molecule has 1 aromatic rings. The Morgan fingerprint density at radius 2 is 2.46 bits per heavy atom. The van der Waals surface area contributed by atoms with Crippen LogP contribution in [0.1, 0.15) is 27.9 Å². The van der Waals surface area contributed by atoms with Crippen molar-refractivity contribution in [3.05, 3.63) is 34.0 Å². The number of nitrogens with zero attached hydrogens (tertiary/aromatic N) is 1. The van der Waals surface area contributed by atoms with Crippen LogP contribution >= 0.6 is 11.5 Å². The minimum atomic E-state index is 0.00542. The van der Waals surface area contributed by atoms with E-state index in [0.29, 0.717) is 5.69 Å². The molecule has 0 saturated carbocycles. The second-order valence-electron chi connectivity index (χ2n) is 2.70. The fourth-order valence-corrected chi connectivity index (χ4v) is 1.96. The molecule has 1 heterocycles. The molecule has 1 aromatic heterocycles. The van der Waals surface area contributed by atoms with Crippen LogP contribution in [0.3, 0.4) is 0 Å². The van der Waals surface area contributed by atoms with E-state index >= 15 is 0 Å². The molecule has 0 fully saturated rings. The number of fused-ring (bicyclic) bond motifs is 1. The molecule has 0 atom stereocenters. The molecule has 0 amide bonds. The van der Waals surface area contributed by atoms with Gasteiger partial charge in [-0.05, 0) is 29.8 Å². The van der Waals surface area contributed by atoms with Crippen LogP contribution in [-0.4, -0.2) is 10.2 Å². The van der Waals surface area contributed by atoms with E-state index in [1.54, 1.807) is 6.08 Å². The number of aromatic nitrogens is 1. The second kappa shape index (κ2) is 3.13. The fourth-order valence-electron chi connectivity index (χ4n) is 1.15. The van der Waals surface area contributed by atoms with E-state index in [1.165, 1.54) is 18.5 Å². The van der Waals surface area contributed by atoms with Crippen molar-refractivity contribution in [2.75, 3.05) is 0 Å². The average molecular weight is 189 g/mol. The van der Waals surface area contributed by atoms with E-state index in [9.17, 15) is 4.79 Å². The van der Waals surface area contributed by atoms with Gasteiger partial charge >= 0.3 is 0 Å². The monoisotopic (exact) mass is 189 g/mol. The van der Waals surface area contributed by atoms with Crippen molar-refractivity contribution in [1.29, 1.82) is 0 Å². The molecule has 64 valence electrons. The SMILES string of the molecule is CC(=O)c1nsc2c1C=C=CC=C2. The molecule has 0 unspecified atom stereocenters. The van der Waals surface area contributed by atoms with Crippen molar-refractivity contribution in [2.24, 2.45) is 0 Å². The maximum Gasteiger partial charge on any atom is 0.179 e. The van der Waals surface area contributed by atoms with Gasteiger partial charge in [0.2, 0.25) is 0 Å². The molecule has 13 heavy (non-hydrogen) atoms. The molecular formula is C10H7NOS. The minimum Gasteiger partial charge on any atom is -0.293 e. The minimum absolute atomic E-state index is 0.00542. The molecule has 0 radical (unpaired) electrons. The Kier molecular flexibility index (Phi) is 1.97. The second-order valence-corrected chi connectivity index (χ2v) is 3.51. The Labute approximate surface area is 80.1 Å². The van der Waals surface area contributed by atoms with Gasteiger partial charge in [-0.2, -0.15) is 4.37 Å². The predicted octanol–water partition coefficient (Wildman–Crippen LogP) is 2.54. The maximum absolute atomic E-state index is 11.2. The Hall–Kier alpha value is -1.44. The van der Waals surface area contributed by atoms with Gasteiger partial charge in [0.15, 0.2) is 5.78 Å². The van der Waals surface area contributed by atoms with Crippen LogP contribution in [0.25, 0.3) is 12.2 Å². The molecule has 0 aromatic carbocycles. The lowest BCUT2D eigenvalue weighted by Gasteiger charge is -1.90. The van der Waals surface area contributed by atoms with E-state index in [2.05, 4.69) is 10.1 Å². The molecule has 2 rings (SSSR count). The van der Waals surface area contributed by atoms with Gasteiger partial charge in [0.1, 0.15) is 5.69 Å². The van der Waals surface area contributed by atoms with E-state index in [1.807, 2.05) is 18.2 Å². The number of hydrogen-bond donors (Lipinski definition) is 0. The summed E-state index contributed by atoms with van der Waals surface area (Å²) in [5, 5.41) is 0. The Morgan fingerprint density at radius 3 is 3.23 bits per heavy atom. The first kappa shape index (κ1) is 8.17. The third kappa shape index (κ3) is 1.39. The fraction of sp³-hybridized carbons (Fsp3) is 0.100. The number of rotatable bonds is 1. The van der Waals surface area contributed by atoms with E-state index in [-0.39, 0.29) is 5.78 Å². The third-order valence-electron chi connectivity index (χ3n) is 1.76. The van der Waals surface area contributed by atoms with Crippen molar-refractivity contribution in [3.63, 3.8) is 0 Å². The van der Waals surface area contributed by atoms with Crippen molar-refractivity contribution < 1.29 is 4.79 Å². The largest absolute Gasteiger partial charge is 0.293 e.